The van der Waals surface area contributed by atoms with E-state index < -0.39 is 5.60 Å². The lowest BCUT2D eigenvalue weighted by Gasteiger charge is -2.46. The molecule has 8 unspecified atom stereocenters. The fourth-order valence-corrected chi connectivity index (χ4v) is 6.77. The van der Waals surface area contributed by atoms with Crippen LogP contribution in [0.15, 0.2) is 0 Å². The number of aliphatic hydroxyl groups is 1. The Morgan fingerprint density at radius 3 is 1.61 bits per heavy atom. The van der Waals surface area contributed by atoms with Gasteiger partial charge in [-0.05, 0) is 83.0 Å². The molecule has 132 valence electrons. The zero-order valence-electron chi connectivity index (χ0n) is 15.6. The molecule has 3 nitrogen and oxygen atoms in total. The van der Waals surface area contributed by atoms with Crippen molar-refractivity contribution in [1.82, 2.24) is 0 Å². The zero-order valence-corrected chi connectivity index (χ0v) is 15.6. The van der Waals surface area contributed by atoms with Crippen LogP contribution in [0.2, 0.25) is 0 Å². The Morgan fingerprint density at radius 1 is 0.913 bits per heavy atom. The van der Waals surface area contributed by atoms with Gasteiger partial charge >= 0.3 is 0 Å². The third kappa shape index (κ3) is 2.58. The summed E-state index contributed by atoms with van der Waals surface area (Å²) in [6.45, 7) is 13.2. The second-order valence-corrected chi connectivity index (χ2v) is 10.2. The van der Waals surface area contributed by atoms with Gasteiger partial charge in [-0.15, -0.1) is 0 Å². The van der Waals surface area contributed by atoms with E-state index in [0.29, 0.717) is 41.8 Å². The first-order valence-corrected chi connectivity index (χ1v) is 9.61. The smallest absolute Gasteiger partial charge is 0.0926 e. The van der Waals surface area contributed by atoms with Gasteiger partial charge in [0.15, 0.2) is 0 Å². The van der Waals surface area contributed by atoms with E-state index in [1.165, 1.54) is 12.8 Å². The van der Waals surface area contributed by atoms with Gasteiger partial charge < -0.3 is 14.6 Å². The molecule has 2 heterocycles. The molecule has 2 saturated heterocycles. The number of hydrogen-bond donors (Lipinski definition) is 1. The number of ether oxygens (including phenoxy) is 2. The molecule has 0 aromatic rings. The molecule has 23 heavy (non-hydrogen) atoms. The summed E-state index contributed by atoms with van der Waals surface area (Å²) in [5, 5.41) is 11.0. The Balaban J connectivity index is 1.58. The van der Waals surface area contributed by atoms with Gasteiger partial charge in [0.05, 0.1) is 29.0 Å². The minimum atomic E-state index is -0.634. The molecular formula is C20H34O3. The summed E-state index contributed by atoms with van der Waals surface area (Å²) in [4.78, 5) is 0. The predicted octanol–water partition coefficient (Wildman–Crippen LogP) is 3.78. The van der Waals surface area contributed by atoms with Gasteiger partial charge in [0.25, 0.3) is 0 Å². The van der Waals surface area contributed by atoms with Gasteiger partial charge in [0, 0.05) is 0 Å². The maximum absolute atomic E-state index is 11.0. The molecule has 3 heteroatoms. The van der Waals surface area contributed by atoms with Crippen molar-refractivity contribution in [2.45, 2.75) is 96.2 Å². The predicted molar refractivity (Wildman–Crippen MR) is 90.1 cm³/mol. The first kappa shape index (κ1) is 16.4. The summed E-state index contributed by atoms with van der Waals surface area (Å²) in [5.41, 5.74) is -0.478. The van der Waals surface area contributed by atoms with E-state index in [2.05, 4.69) is 27.7 Å². The van der Waals surface area contributed by atoms with Crippen LogP contribution in [0.3, 0.4) is 0 Å². The van der Waals surface area contributed by atoms with Gasteiger partial charge in [-0.25, -0.2) is 0 Å². The molecule has 0 radical (unpaired) electrons. The summed E-state index contributed by atoms with van der Waals surface area (Å²) in [7, 11) is 0. The molecule has 0 spiro atoms. The van der Waals surface area contributed by atoms with Crippen LogP contribution in [0.25, 0.3) is 0 Å². The largest absolute Gasteiger partial charge is 0.390 e. The second-order valence-electron chi connectivity index (χ2n) is 10.2. The molecule has 0 amide bonds. The number of fused-ring (bicyclic) bond motifs is 2. The van der Waals surface area contributed by atoms with Crippen molar-refractivity contribution in [2.24, 2.45) is 29.6 Å². The highest BCUT2D eigenvalue weighted by atomic mass is 16.6. The lowest BCUT2D eigenvalue weighted by Crippen LogP contribution is -2.48. The topological polar surface area (TPSA) is 45.3 Å². The molecular weight excluding hydrogens is 288 g/mol. The maximum atomic E-state index is 11.0. The van der Waals surface area contributed by atoms with Crippen LogP contribution in [0.1, 0.15) is 67.2 Å². The fourth-order valence-electron chi connectivity index (χ4n) is 6.77. The number of rotatable bonds is 3. The van der Waals surface area contributed by atoms with Crippen molar-refractivity contribution in [2.75, 3.05) is 0 Å². The van der Waals surface area contributed by atoms with Gasteiger partial charge in [-0.3, -0.25) is 0 Å². The molecule has 4 rings (SSSR count). The van der Waals surface area contributed by atoms with Crippen LogP contribution in [-0.4, -0.2) is 34.1 Å². The maximum Gasteiger partial charge on any atom is 0.0926 e. The highest BCUT2D eigenvalue weighted by Gasteiger charge is 2.64. The van der Waals surface area contributed by atoms with Gasteiger partial charge in [0.2, 0.25) is 0 Å². The summed E-state index contributed by atoms with van der Waals surface area (Å²) in [6, 6.07) is 0. The van der Waals surface area contributed by atoms with Crippen molar-refractivity contribution in [3.8, 4) is 0 Å². The molecule has 0 aromatic heterocycles. The van der Waals surface area contributed by atoms with E-state index in [4.69, 9.17) is 9.47 Å². The molecule has 2 saturated carbocycles. The fraction of sp³-hybridized carbons (Fsp3) is 1.00. The van der Waals surface area contributed by atoms with Crippen molar-refractivity contribution < 1.29 is 14.6 Å². The second kappa shape index (κ2) is 4.74. The Kier molecular flexibility index (Phi) is 3.37. The van der Waals surface area contributed by atoms with Crippen LogP contribution in [0.4, 0.5) is 0 Å². The Labute approximate surface area is 141 Å². The van der Waals surface area contributed by atoms with Gasteiger partial charge in [0.1, 0.15) is 0 Å². The lowest BCUT2D eigenvalue weighted by atomic mass is 9.59. The van der Waals surface area contributed by atoms with Gasteiger partial charge in [-0.2, -0.15) is 0 Å². The van der Waals surface area contributed by atoms with Crippen molar-refractivity contribution in [3.63, 3.8) is 0 Å². The van der Waals surface area contributed by atoms with Crippen LogP contribution in [0.5, 0.6) is 0 Å². The molecule has 4 aliphatic rings. The summed E-state index contributed by atoms with van der Waals surface area (Å²) in [5.74, 6) is 2.70. The van der Waals surface area contributed by atoms with Crippen molar-refractivity contribution in [1.29, 1.82) is 0 Å². The minimum Gasteiger partial charge on any atom is -0.390 e. The SMILES string of the molecule is CC1CC(C(C2CC(C)C3OC3(C)C2)C(C)(C)O)CC2(C)OC12. The summed E-state index contributed by atoms with van der Waals surface area (Å²) >= 11 is 0. The highest BCUT2D eigenvalue weighted by Crippen LogP contribution is 2.60. The zero-order chi connectivity index (χ0) is 16.8. The highest BCUT2D eigenvalue weighted by molar-refractivity contribution is 5.12. The van der Waals surface area contributed by atoms with E-state index in [1.54, 1.807) is 0 Å². The van der Waals surface area contributed by atoms with Crippen LogP contribution in [-0.2, 0) is 9.47 Å². The van der Waals surface area contributed by atoms with Crippen molar-refractivity contribution in [3.05, 3.63) is 0 Å². The van der Waals surface area contributed by atoms with Crippen molar-refractivity contribution >= 4 is 0 Å². The quantitative estimate of drug-likeness (QED) is 0.804. The number of epoxide rings is 2. The van der Waals surface area contributed by atoms with E-state index in [9.17, 15) is 5.11 Å². The summed E-state index contributed by atoms with van der Waals surface area (Å²) < 4.78 is 12.0. The van der Waals surface area contributed by atoms with E-state index >= 15 is 0 Å². The third-order valence-corrected chi connectivity index (χ3v) is 7.43. The Hall–Kier alpha value is -0.120. The lowest BCUT2D eigenvalue weighted by molar-refractivity contribution is -0.0646. The molecule has 2 aliphatic carbocycles. The average Bonchev–Trinajstić information content (AvgIpc) is 3.22. The summed E-state index contributed by atoms with van der Waals surface area (Å²) in [6.07, 6.45) is 5.53. The standard InChI is InChI=1S/C20H34O3/c1-11-7-13(9-19(5)16(11)22-19)15(18(3,4)21)14-8-12(2)17-20(6,10-14)23-17/h11-17,21H,7-10H2,1-6H3. The first-order chi connectivity index (χ1) is 10.5. The van der Waals surface area contributed by atoms with Crippen LogP contribution in [0, 0.1) is 29.6 Å². The molecule has 4 fully saturated rings. The van der Waals surface area contributed by atoms with Crippen LogP contribution >= 0.6 is 0 Å². The van der Waals surface area contributed by atoms with Crippen LogP contribution < -0.4 is 0 Å². The molecule has 2 aliphatic heterocycles. The number of hydrogen-bond acceptors (Lipinski definition) is 3. The van der Waals surface area contributed by atoms with E-state index in [1.807, 2.05) is 13.8 Å². The van der Waals surface area contributed by atoms with E-state index in [0.717, 1.165) is 12.8 Å². The average molecular weight is 322 g/mol. The Morgan fingerprint density at radius 2 is 1.30 bits per heavy atom. The molecule has 0 aromatic carbocycles. The monoisotopic (exact) mass is 322 g/mol. The first-order valence-electron chi connectivity index (χ1n) is 9.61. The molecule has 1 N–H and O–H groups in total. The third-order valence-electron chi connectivity index (χ3n) is 7.43. The minimum absolute atomic E-state index is 0.0780. The molecule has 0 bridgehead atoms. The normalized spacial score (nSPS) is 56.5. The van der Waals surface area contributed by atoms with E-state index in [-0.39, 0.29) is 11.2 Å². The Bertz CT molecular complexity index is 460. The van der Waals surface area contributed by atoms with Gasteiger partial charge in [-0.1, -0.05) is 13.8 Å². The molecule has 8 atom stereocenters.